The molecule has 3 rings (SSSR count). The molecule has 1 saturated carbocycles. The van der Waals surface area contributed by atoms with E-state index in [9.17, 15) is 9.59 Å². The lowest BCUT2D eigenvalue weighted by Crippen LogP contribution is -2.14. The Balaban J connectivity index is 1.64. The molecule has 2 N–H and O–H groups in total. The van der Waals surface area contributed by atoms with Crippen molar-refractivity contribution in [2.24, 2.45) is 0 Å². The summed E-state index contributed by atoms with van der Waals surface area (Å²) in [4.78, 5) is 27.7. The van der Waals surface area contributed by atoms with Crippen LogP contribution >= 0.6 is 0 Å². The van der Waals surface area contributed by atoms with Crippen LogP contribution in [0.15, 0.2) is 42.6 Å². The zero-order valence-corrected chi connectivity index (χ0v) is 14.6. The minimum Gasteiger partial charge on any atom is -0.481 e. The van der Waals surface area contributed by atoms with Crippen LogP contribution in [0.25, 0.3) is 0 Å². The fourth-order valence-electron chi connectivity index (χ4n) is 2.99. The van der Waals surface area contributed by atoms with Crippen LogP contribution in [0, 0.1) is 0 Å². The molecule has 1 aliphatic rings. The number of amides is 1. The number of carbonyl (C=O) groups is 2. The van der Waals surface area contributed by atoms with Gasteiger partial charge in [-0.1, -0.05) is 12.1 Å². The number of pyridine rings is 1. The summed E-state index contributed by atoms with van der Waals surface area (Å²) in [6.07, 6.45) is 6.18. The fraction of sp³-hybridized carbons (Fsp3) is 0.350. The van der Waals surface area contributed by atoms with Crippen LogP contribution < -0.4 is 10.1 Å². The quantitative estimate of drug-likeness (QED) is 0.823. The molecule has 6 heteroatoms. The lowest BCUT2D eigenvalue weighted by Gasteiger charge is -2.12. The van der Waals surface area contributed by atoms with E-state index in [1.807, 2.05) is 0 Å². The number of aromatic nitrogens is 1. The first kappa shape index (κ1) is 17.9. The Morgan fingerprint density at radius 2 is 2.00 bits per heavy atom. The molecule has 1 fully saturated rings. The van der Waals surface area contributed by atoms with Crippen LogP contribution in [0.5, 0.6) is 5.88 Å². The number of nitrogens with one attached hydrogen (secondary N) is 1. The standard InChI is InChI=1S/C20H22N2O4/c1-13(20(24)25)14-5-4-6-16(11-14)22-19(23)15-9-10-18(21-12-15)26-17-7-2-3-8-17/h4-6,9-13,17H,2-3,7-8H2,1H3,(H,22,23)(H,24,25). The zero-order valence-electron chi connectivity index (χ0n) is 14.6. The average Bonchev–Trinajstić information content (AvgIpc) is 3.15. The van der Waals surface area contributed by atoms with Crippen molar-refractivity contribution in [1.29, 1.82) is 0 Å². The Labute approximate surface area is 152 Å². The number of hydrogen-bond acceptors (Lipinski definition) is 4. The van der Waals surface area contributed by atoms with Gasteiger partial charge in [0.05, 0.1) is 11.5 Å². The molecule has 6 nitrogen and oxygen atoms in total. The van der Waals surface area contributed by atoms with Crippen molar-refractivity contribution >= 4 is 17.6 Å². The summed E-state index contributed by atoms with van der Waals surface area (Å²) >= 11 is 0. The van der Waals surface area contributed by atoms with Gasteiger partial charge in [-0.3, -0.25) is 9.59 Å². The second-order valence-corrected chi connectivity index (χ2v) is 6.55. The number of carboxylic acid groups (broad SMARTS) is 1. The lowest BCUT2D eigenvalue weighted by atomic mass is 10.0. The lowest BCUT2D eigenvalue weighted by molar-refractivity contribution is -0.138. The molecular weight excluding hydrogens is 332 g/mol. The van der Waals surface area contributed by atoms with Gasteiger partial charge in [-0.05, 0) is 56.4 Å². The Kier molecular flexibility index (Phi) is 5.51. The Morgan fingerprint density at radius 3 is 2.65 bits per heavy atom. The number of carbonyl (C=O) groups excluding carboxylic acids is 1. The van der Waals surface area contributed by atoms with E-state index in [0.29, 0.717) is 22.7 Å². The van der Waals surface area contributed by atoms with E-state index >= 15 is 0 Å². The minimum atomic E-state index is -0.907. The summed E-state index contributed by atoms with van der Waals surface area (Å²) in [6, 6.07) is 10.2. The first-order valence-electron chi connectivity index (χ1n) is 8.80. The molecule has 2 aromatic rings. The highest BCUT2D eigenvalue weighted by Gasteiger charge is 2.17. The van der Waals surface area contributed by atoms with Crippen molar-refractivity contribution in [1.82, 2.24) is 4.98 Å². The second kappa shape index (κ2) is 7.99. The van der Waals surface area contributed by atoms with Crippen molar-refractivity contribution in [2.45, 2.75) is 44.6 Å². The van der Waals surface area contributed by atoms with Gasteiger partial charge in [0.2, 0.25) is 5.88 Å². The summed E-state index contributed by atoms with van der Waals surface area (Å²) in [5.41, 5.74) is 1.60. The molecule has 1 atom stereocenters. The number of benzene rings is 1. The van der Waals surface area contributed by atoms with Crippen LogP contribution in [-0.2, 0) is 4.79 Å². The van der Waals surface area contributed by atoms with E-state index in [1.54, 1.807) is 43.3 Å². The molecule has 0 bridgehead atoms. The number of nitrogens with zero attached hydrogens (tertiary/aromatic N) is 1. The Bertz CT molecular complexity index is 783. The van der Waals surface area contributed by atoms with Crippen LogP contribution in [0.4, 0.5) is 5.69 Å². The number of anilines is 1. The van der Waals surface area contributed by atoms with Crippen LogP contribution in [0.3, 0.4) is 0 Å². The average molecular weight is 354 g/mol. The highest BCUT2D eigenvalue weighted by atomic mass is 16.5. The van der Waals surface area contributed by atoms with Crippen LogP contribution in [0.2, 0.25) is 0 Å². The molecule has 0 aliphatic heterocycles. The maximum Gasteiger partial charge on any atom is 0.310 e. The maximum atomic E-state index is 12.4. The van der Waals surface area contributed by atoms with Gasteiger partial charge in [0.1, 0.15) is 6.10 Å². The first-order chi connectivity index (χ1) is 12.5. The summed E-state index contributed by atoms with van der Waals surface area (Å²) in [7, 11) is 0. The molecule has 1 aromatic carbocycles. The molecule has 1 aromatic heterocycles. The van der Waals surface area contributed by atoms with Crippen LogP contribution in [-0.4, -0.2) is 28.1 Å². The number of aliphatic carboxylic acids is 1. The number of ether oxygens (including phenoxy) is 1. The van der Waals surface area contributed by atoms with Crippen molar-refractivity contribution in [3.63, 3.8) is 0 Å². The van der Waals surface area contributed by atoms with Crippen molar-refractivity contribution in [3.05, 3.63) is 53.7 Å². The third kappa shape index (κ3) is 4.39. The van der Waals surface area contributed by atoms with Gasteiger partial charge in [-0.15, -0.1) is 0 Å². The van der Waals surface area contributed by atoms with E-state index in [2.05, 4.69) is 10.3 Å². The predicted octanol–water partition coefficient (Wildman–Crippen LogP) is 3.84. The van der Waals surface area contributed by atoms with E-state index < -0.39 is 11.9 Å². The van der Waals surface area contributed by atoms with Gasteiger partial charge in [-0.2, -0.15) is 0 Å². The van der Waals surface area contributed by atoms with Crippen molar-refractivity contribution in [2.75, 3.05) is 5.32 Å². The Hall–Kier alpha value is -2.89. The zero-order chi connectivity index (χ0) is 18.5. The van der Waals surface area contributed by atoms with Crippen molar-refractivity contribution < 1.29 is 19.4 Å². The fourth-order valence-corrected chi connectivity index (χ4v) is 2.99. The molecule has 0 radical (unpaired) electrons. The summed E-state index contributed by atoms with van der Waals surface area (Å²) in [5, 5.41) is 11.9. The molecule has 26 heavy (non-hydrogen) atoms. The van der Waals surface area contributed by atoms with Gasteiger partial charge in [0.15, 0.2) is 0 Å². The normalized spacial score (nSPS) is 15.4. The summed E-state index contributed by atoms with van der Waals surface area (Å²) in [5.74, 6) is -1.31. The SMILES string of the molecule is CC(C(=O)O)c1cccc(NC(=O)c2ccc(OC3CCCC3)nc2)c1. The van der Waals surface area contributed by atoms with Crippen LogP contribution in [0.1, 0.15) is 54.4 Å². The largest absolute Gasteiger partial charge is 0.481 e. The first-order valence-corrected chi connectivity index (χ1v) is 8.80. The predicted molar refractivity (Wildman–Crippen MR) is 97.6 cm³/mol. The Morgan fingerprint density at radius 1 is 1.23 bits per heavy atom. The smallest absolute Gasteiger partial charge is 0.310 e. The molecule has 1 heterocycles. The van der Waals surface area contributed by atoms with Gasteiger partial charge >= 0.3 is 5.97 Å². The molecule has 0 spiro atoms. The van der Waals surface area contributed by atoms with Gasteiger partial charge in [0, 0.05) is 18.0 Å². The van der Waals surface area contributed by atoms with E-state index in [1.165, 1.54) is 19.0 Å². The van der Waals surface area contributed by atoms with Gasteiger partial charge in [0.25, 0.3) is 5.91 Å². The molecule has 1 unspecified atom stereocenters. The summed E-state index contributed by atoms with van der Waals surface area (Å²) in [6.45, 7) is 1.61. The molecule has 1 aliphatic carbocycles. The number of carboxylic acids is 1. The second-order valence-electron chi connectivity index (χ2n) is 6.55. The van der Waals surface area contributed by atoms with E-state index in [4.69, 9.17) is 9.84 Å². The number of hydrogen-bond donors (Lipinski definition) is 2. The van der Waals surface area contributed by atoms with Gasteiger partial charge < -0.3 is 15.2 Å². The van der Waals surface area contributed by atoms with E-state index in [-0.39, 0.29) is 12.0 Å². The third-order valence-electron chi connectivity index (χ3n) is 4.60. The molecule has 1 amide bonds. The highest BCUT2D eigenvalue weighted by Crippen LogP contribution is 2.23. The monoisotopic (exact) mass is 354 g/mol. The highest BCUT2D eigenvalue weighted by molar-refractivity contribution is 6.04. The summed E-state index contributed by atoms with van der Waals surface area (Å²) < 4.78 is 5.79. The molecular formula is C20H22N2O4. The topological polar surface area (TPSA) is 88.5 Å². The van der Waals surface area contributed by atoms with E-state index in [0.717, 1.165) is 12.8 Å². The molecule has 0 saturated heterocycles. The van der Waals surface area contributed by atoms with Crippen molar-refractivity contribution in [3.8, 4) is 5.88 Å². The maximum absolute atomic E-state index is 12.4. The third-order valence-corrected chi connectivity index (χ3v) is 4.60. The minimum absolute atomic E-state index is 0.223. The van der Waals surface area contributed by atoms with Gasteiger partial charge in [-0.25, -0.2) is 4.98 Å². The molecule has 136 valence electrons. The number of rotatable bonds is 6.